The highest BCUT2D eigenvalue weighted by atomic mass is 35.5. The molecule has 1 amide bonds. The minimum Gasteiger partial charge on any atom is -0.355 e. The number of thioether (sulfide) groups is 1. The molecule has 3 rings (SSSR count). The molecule has 25 heavy (non-hydrogen) atoms. The van der Waals surface area contributed by atoms with Gasteiger partial charge in [0.25, 0.3) is 5.56 Å². The van der Waals surface area contributed by atoms with Crippen LogP contribution in [0.15, 0.2) is 28.2 Å². The second-order valence-corrected chi connectivity index (χ2v) is 8.37. The van der Waals surface area contributed by atoms with Gasteiger partial charge in [0.1, 0.15) is 0 Å². The van der Waals surface area contributed by atoms with Crippen LogP contribution in [0.25, 0.3) is 10.9 Å². The molecule has 1 aromatic heterocycles. The Morgan fingerprint density at radius 1 is 1.36 bits per heavy atom. The van der Waals surface area contributed by atoms with Crippen molar-refractivity contribution in [3.05, 3.63) is 33.6 Å². The average molecular weight is 380 g/mol. The smallest absolute Gasteiger partial charge is 0.262 e. The summed E-state index contributed by atoms with van der Waals surface area (Å²) in [5.74, 6) is 0.322. The second kappa shape index (κ2) is 7.79. The summed E-state index contributed by atoms with van der Waals surface area (Å²) in [7, 11) is 0. The van der Waals surface area contributed by atoms with E-state index in [9.17, 15) is 9.59 Å². The van der Waals surface area contributed by atoms with Crippen LogP contribution in [-0.2, 0) is 11.3 Å². The average Bonchev–Trinajstić information content (AvgIpc) is 2.76. The Morgan fingerprint density at radius 3 is 2.92 bits per heavy atom. The summed E-state index contributed by atoms with van der Waals surface area (Å²) < 4.78 is 1.69. The lowest BCUT2D eigenvalue weighted by Crippen LogP contribution is -2.32. The molecule has 7 heteroatoms. The monoisotopic (exact) mass is 379 g/mol. The van der Waals surface area contributed by atoms with Gasteiger partial charge in [-0.25, -0.2) is 4.98 Å². The largest absolute Gasteiger partial charge is 0.355 e. The van der Waals surface area contributed by atoms with Crippen LogP contribution in [0.2, 0.25) is 5.02 Å². The molecule has 0 bridgehead atoms. The van der Waals surface area contributed by atoms with Crippen LogP contribution >= 0.6 is 23.4 Å². The maximum Gasteiger partial charge on any atom is 0.262 e. The van der Waals surface area contributed by atoms with E-state index >= 15 is 0 Å². The van der Waals surface area contributed by atoms with Gasteiger partial charge in [0.2, 0.25) is 5.91 Å². The molecule has 1 saturated heterocycles. The number of carbonyl (C=O) groups excluding carboxylic acids is 1. The van der Waals surface area contributed by atoms with Crippen molar-refractivity contribution in [2.45, 2.75) is 50.1 Å². The fourth-order valence-corrected chi connectivity index (χ4v) is 4.28. The molecule has 1 unspecified atom stereocenters. The highest BCUT2D eigenvalue weighted by Crippen LogP contribution is 2.28. The highest BCUT2D eigenvalue weighted by molar-refractivity contribution is 8.00. The topological polar surface area (TPSA) is 64.0 Å². The predicted molar refractivity (Wildman–Crippen MR) is 102 cm³/mol. The number of hydrogen-bond acceptors (Lipinski definition) is 4. The SMILES string of the molecule is CC(C)Cn1c(SC2CCCCNC2=O)nc2ccc(Cl)cc2c1=O. The first kappa shape index (κ1) is 18.3. The lowest BCUT2D eigenvalue weighted by atomic mass is 10.2. The van der Waals surface area contributed by atoms with E-state index in [0.29, 0.717) is 33.5 Å². The van der Waals surface area contributed by atoms with Crippen molar-refractivity contribution in [2.24, 2.45) is 5.92 Å². The van der Waals surface area contributed by atoms with E-state index in [4.69, 9.17) is 11.6 Å². The van der Waals surface area contributed by atoms with Gasteiger partial charge < -0.3 is 5.32 Å². The molecule has 0 spiro atoms. The molecule has 0 saturated carbocycles. The van der Waals surface area contributed by atoms with Gasteiger partial charge in [-0.05, 0) is 37.0 Å². The van der Waals surface area contributed by atoms with E-state index in [-0.39, 0.29) is 16.7 Å². The normalized spacial score (nSPS) is 18.4. The van der Waals surface area contributed by atoms with Crippen LogP contribution in [0.3, 0.4) is 0 Å². The Hall–Kier alpha value is -1.53. The minimum absolute atomic E-state index is 0.0315. The van der Waals surface area contributed by atoms with Gasteiger partial charge in [0, 0.05) is 18.1 Å². The fraction of sp³-hybridized carbons (Fsp3) is 0.500. The summed E-state index contributed by atoms with van der Waals surface area (Å²) in [6.07, 6.45) is 2.78. The number of carbonyl (C=O) groups is 1. The molecule has 1 aliphatic rings. The zero-order valence-corrected chi connectivity index (χ0v) is 16.0. The van der Waals surface area contributed by atoms with Crippen molar-refractivity contribution < 1.29 is 4.79 Å². The Morgan fingerprint density at radius 2 is 2.16 bits per heavy atom. The Balaban J connectivity index is 2.07. The molecular formula is C18H22ClN3O2S. The van der Waals surface area contributed by atoms with E-state index < -0.39 is 0 Å². The summed E-state index contributed by atoms with van der Waals surface area (Å²) in [4.78, 5) is 29.9. The molecular weight excluding hydrogens is 358 g/mol. The van der Waals surface area contributed by atoms with Crippen LogP contribution in [0.4, 0.5) is 0 Å². The van der Waals surface area contributed by atoms with E-state index in [1.807, 2.05) is 0 Å². The van der Waals surface area contributed by atoms with E-state index in [1.54, 1.807) is 22.8 Å². The zero-order chi connectivity index (χ0) is 18.0. The molecule has 2 heterocycles. The standard InChI is InChI=1S/C18H22ClN3O2S/c1-11(2)10-22-17(24)13-9-12(19)6-7-14(13)21-18(22)25-15-5-3-4-8-20-16(15)23/h6-7,9,11,15H,3-5,8,10H2,1-2H3,(H,20,23). The minimum atomic E-state index is -0.211. The molecule has 0 radical (unpaired) electrons. The quantitative estimate of drug-likeness (QED) is 0.826. The van der Waals surface area contributed by atoms with E-state index in [2.05, 4.69) is 24.1 Å². The third-order valence-electron chi connectivity index (χ3n) is 4.16. The third-order valence-corrected chi connectivity index (χ3v) is 5.65. The van der Waals surface area contributed by atoms with Crippen LogP contribution in [0, 0.1) is 5.92 Å². The van der Waals surface area contributed by atoms with Crippen molar-refractivity contribution >= 4 is 40.2 Å². The number of amides is 1. The second-order valence-electron chi connectivity index (χ2n) is 6.76. The number of fused-ring (bicyclic) bond motifs is 1. The molecule has 1 aromatic carbocycles. The van der Waals surface area contributed by atoms with Gasteiger partial charge in [0.05, 0.1) is 16.2 Å². The van der Waals surface area contributed by atoms with Crippen molar-refractivity contribution in [1.29, 1.82) is 0 Å². The molecule has 1 atom stereocenters. The van der Waals surface area contributed by atoms with E-state index in [0.717, 1.165) is 25.8 Å². The third kappa shape index (κ3) is 4.18. The van der Waals surface area contributed by atoms with Crippen LogP contribution in [0.1, 0.15) is 33.1 Å². The number of hydrogen-bond donors (Lipinski definition) is 1. The van der Waals surface area contributed by atoms with Gasteiger partial charge in [-0.15, -0.1) is 0 Å². The number of benzene rings is 1. The van der Waals surface area contributed by atoms with Gasteiger partial charge in [-0.2, -0.15) is 0 Å². The summed E-state index contributed by atoms with van der Waals surface area (Å²) in [5.41, 5.74) is 0.517. The molecule has 5 nitrogen and oxygen atoms in total. The molecule has 1 N–H and O–H groups in total. The summed E-state index contributed by atoms with van der Waals surface area (Å²) >= 11 is 7.44. The Bertz CT molecular complexity index is 850. The lowest BCUT2D eigenvalue weighted by molar-refractivity contribution is -0.120. The molecule has 1 fully saturated rings. The van der Waals surface area contributed by atoms with E-state index in [1.165, 1.54) is 11.8 Å². The van der Waals surface area contributed by atoms with Crippen molar-refractivity contribution in [2.75, 3.05) is 6.54 Å². The number of nitrogens with one attached hydrogen (secondary N) is 1. The van der Waals surface area contributed by atoms with Crippen molar-refractivity contribution in [3.63, 3.8) is 0 Å². The molecule has 134 valence electrons. The van der Waals surface area contributed by atoms with Crippen molar-refractivity contribution in [1.82, 2.24) is 14.9 Å². The van der Waals surface area contributed by atoms with Gasteiger partial charge in [-0.3, -0.25) is 14.2 Å². The maximum absolute atomic E-state index is 13.0. The highest BCUT2D eigenvalue weighted by Gasteiger charge is 2.25. The molecule has 2 aromatic rings. The zero-order valence-electron chi connectivity index (χ0n) is 14.4. The summed E-state index contributed by atoms with van der Waals surface area (Å²) in [5, 5.41) is 4.37. The van der Waals surface area contributed by atoms with Gasteiger partial charge in [0.15, 0.2) is 5.16 Å². The number of rotatable bonds is 4. The summed E-state index contributed by atoms with van der Waals surface area (Å²) in [6, 6.07) is 5.15. The van der Waals surface area contributed by atoms with Crippen LogP contribution in [0.5, 0.6) is 0 Å². The van der Waals surface area contributed by atoms with Crippen LogP contribution < -0.4 is 10.9 Å². The van der Waals surface area contributed by atoms with Gasteiger partial charge >= 0.3 is 0 Å². The van der Waals surface area contributed by atoms with Gasteiger partial charge in [-0.1, -0.05) is 43.6 Å². The lowest BCUT2D eigenvalue weighted by Gasteiger charge is -2.18. The summed E-state index contributed by atoms with van der Waals surface area (Å²) in [6.45, 7) is 5.39. The first-order valence-electron chi connectivity index (χ1n) is 8.60. The van der Waals surface area contributed by atoms with Crippen molar-refractivity contribution in [3.8, 4) is 0 Å². The predicted octanol–water partition coefficient (Wildman–Crippen LogP) is 3.47. The molecule has 1 aliphatic heterocycles. The molecule has 0 aliphatic carbocycles. The maximum atomic E-state index is 13.0. The Labute approximate surface area is 156 Å². The first-order valence-corrected chi connectivity index (χ1v) is 9.86. The fourth-order valence-electron chi connectivity index (χ4n) is 2.94. The first-order chi connectivity index (χ1) is 12.0. The number of nitrogens with zero attached hydrogens (tertiary/aromatic N) is 2. The number of aromatic nitrogens is 2. The Kier molecular flexibility index (Phi) is 5.69. The van der Waals surface area contributed by atoms with Crippen LogP contribution in [-0.4, -0.2) is 27.3 Å². The number of halogens is 1.